The van der Waals surface area contributed by atoms with Gasteiger partial charge in [-0.1, -0.05) is 23.7 Å². The molecule has 2 aromatic rings. The van der Waals surface area contributed by atoms with Gasteiger partial charge in [0.2, 0.25) is 0 Å². The third-order valence-corrected chi connectivity index (χ3v) is 3.61. The van der Waals surface area contributed by atoms with E-state index < -0.39 is 0 Å². The third kappa shape index (κ3) is 2.72. The summed E-state index contributed by atoms with van der Waals surface area (Å²) in [6.45, 7) is 4.21. The molecule has 0 saturated carbocycles. The van der Waals surface area contributed by atoms with Crippen LogP contribution < -0.4 is 5.43 Å². The van der Waals surface area contributed by atoms with Crippen LogP contribution in [0, 0.1) is 6.92 Å². The second-order valence-corrected chi connectivity index (χ2v) is 5.26. The lowest BCUT2D eigenvalue weighted by Crippen LogP contribution is -2.41. The fourth-order valence-corrected chi connectivity index (χ4v) is 2.26. The third-order valence-electron chi connectivity index (χ3n) is 3.38. The predicted molar refractivity (Wildman–Crippen MR) is 79.2 cm³/mol. The highest BCUT2D eigenvalue weighted by Crippen LogP contribution is 2.26. The summed E-state index contributed by atoms with van der Waals surface area (Å²) in [6.07, 6.45) is 3.15. The second-order valence-electron chi connectivity index (χ2n) is 4.82. The zero-order valence-corrected chi connectivity index (χ0v) is 11.6. The Morgan fingerprint density at radius 1 is 1.21 bits per heavy atom. The van der Waals surface area contributed by atoms with Gasteiger partial charge in [0.1, 0.15) is 0 Å². The summed E-state index contributed by atoms with van der Waals surface area (Å²) < 4.78 is 0. The monoisotopic (exact) mass is 273 g/mol. The maximum Gasteiger partial charge on any atom is 0.0709 e. The van der Waals surface area contributed by atoms with Crippen LogP contribution >= 0.6 is 11.6 Å². The van der Waals surface area contributed by atoms with Crippen molar-refractivity contribution in [1.82, 2.24) is 9.99 Å². The highest BCUT2D eigenvalue weighted by atomic mass is 35.5. The quantitative estimate of drug-likeness (QED) is 0.923. The number of nitrogens with one attached hydrogen (secondary N) is 1. The van der Waals surface area contributed by atoms with Crippen molar-refractivity contribution in [2.75, 3.05) is 18.5 Å². The Kier molecular flexibility index (Phi) is 3.40. The molecule has 0 spiro atoms. The molecule has 1 fully saturated rings. The van der Waals surface area contributed by atoms with Gasteiger partial charge in [-0.3, -0.25) is 4.98 Å². The molecule has 1 aliphatic rings. The Hall–Kier alpha value is -1.58. The number of benzene rings is 1. The number of halogens is 1. The SMILES string of the molecule is Cc1ncc(-c2cccc(Cl)c2)cc1NN1CCC1. The Morgan fingerprint density at radius 2 is 2.05 bits per heavy atom. The first-order valence-corrected chi connectivity index (χ1v) is 6.84. The van der Waals surface area contributed by atoms with Gasteiger partial charge in [-0.05, 0) is 37.1 Å². The van der Waals surface area contributed by atoms with Crippen molar-refractivity contribution < 1.29 is 0 Å². The molecule has 0 aliphatic carbocycles. The van der Waals surface area contributed by atoms with Crippen LogP contribution in [0.3, 0.4) is 0 Å². The highest BCUT2D eigenvalue weighted by molar-refractivity contribution is 6.30. The van der Waals surface area contributed by atoms with Crippen LogP contribution in [0.25, 0.3) is 11.1 Å². The van der Waals surface area contributed by atoms with Crippen LogP contribution in [0.15, 0.2) is 36.5 Å². The molecule has 1 aliphatic heterocycles. The Labute approximate surface area is 118 Å². The zero-order valence-electron chi connectivity index (χ0n) is 10.9. The van der Waals surface area contributed by atoms with Crippen molar-refractivity contribution in [3.63, 3.8) is 0 Å². The van der Waals surface area contributed by atoms with E-state index in [9.17, 15) is 0 Å². The van der Waals surface area contributed by atoms with E-state index >= 15 is 0 Å². The summed E-state index contributed by atoms with van der Waals surface area (Å²) in [5.41, 5.74) is 7.66. The topological polar surface area (TPSA) is 28.2 Å². The van der Waals surface area contributed by atoms with E-state index in [4.69, 9.17) is 11.6 Å². The Morgan fingerprint density at radius 3 is 2.74 bits per heavy atom. The molecule has 3 nitrogen and oxygen atoms in total. The van der Waals surface area contributed by atoms with Gasteiger partial charge >= 0.3 is 0 Å². The number of hydrogen-bond acceptors (Lipinski definition) is 3. The minimum absolute atomic E-state index is 0.746. The molecule has 0 atom stereocenters. The van der Waals surface area contributed by atoms with Crippen molar-refractivity contribution >= 4 is 17.3 Å². The zero-order chi connectivity index (χ0) is 13.2. The minimum atomic E-state index is 0.746. The van der Waals surface area contributed by atoms with E-state index in [1.54, 1.807) is 0 Å². The van der Waals surface area contributed by atoms with Gasteiger partial charge in [0.25, 0.3) is 0 Å². The van der Waals surface area contributed by atoms with Gasteiger partial charge in [0.05, 0.1) is 11.4 Å². The highest BCUT2D eigenvalue weighted by Gasteiger charge is 2.14. The number of anilines is 1. The Balaban J connectivity index is 1.91. The fourth-order valence-electron chi connectivity index (χ4n) is 2.07. The summed E-state index contributed by atoms with van der Waals surface area (Å²) in [4.78, 5) is 4.46. The Bertz CT molecular complexity index is 594. The summed E-state index contributed by atoms with van der Waals surface area (Å²) in [5.74, 6) is 0. The number of nitrogens with zero attached hydrogens (tertiary/aromatic N) is 2. The molecule has 2 heterocycles. The van der Waals surface area contributed by atoms with Gasteiger partial charge in [0, 0.05) is 29.9 Å². The van der Waals surface area contributed by atoms with Crippen molar-refractivity contribution in [2.24, 2.45) is 0 Å². The van der Waals surface area contributed by atoms with Crippen molar-refractivity contribution in [3.05, 3.63) is 47.2 Å². The van der Waals surface area contributed by atoms with Gasteiger partial charge < -0.3 is 5.43 Å². The molecule has 4 heteroatoms. The normalized spacial score (nSPS) is 15.1. The van der Waals surface area contributed by atoms with Gasteiger partial charge in [0.15, 0.2) is 0 Å². The van der Waals surface area contributed by atoms with Crippen molar-refractivity contribution in [2.45, 2.75) is 13.3 Å². The van der Waals surface area contributed by atoms with Crippen LogP contribution in [0.4, 0.5) is 5.69 Å². The predicted octanol–water partition coefficient (Wildman–Crippen LogP) is 3.74. The largest absolute Gasteiger partial charge is 0.317 e. The molecule has 1 saturated heterocycles. The number of aromatic nitrogens is 1. The first-order valence-electron chi connectivity index (χ1n) is 6.46. The lowest BCUT2D eigenvalue weighted by Gasteiger charge is -2.32. The maximum absolute atomic E-state index is 6.04. The number of rotatable bonds is 3. The van der Waals surface area contributed by atoms with Gasteiger partial charge in [-0.25, -0.2) is 5.01 Å². The van der Waals surface area contributed by atoms with E-state index in [1.165, 1.54) is 6.42 Å². The molecule has 98 valence electrons. The summed E-state index contributed by atoms with van der Waals surface area (Å²) in [7, 11) is 0. The van der Waals surface area contributed by atoms with Crippen LogP contribution in [0.2, 0.25) is 5.02 Å². The first-order chi connectivity index (χ1) is 9.22. The first kappa shape index (κ1) is 12.5. The van der Waals surface area contributed by atoms with E-state index in [0.717, 1.165) is 40.6 Å². The molecule has 1 aromatic heterocycles. The molecular formula is C15H16ClN3. The van der Waals surface area contributed by atoms with Crippen LogP contribution in [-0.2, 0) is 0 Å². The second kappa shape index (κ2) is 5.19. The summed E-state index contributed by atoms with van der Waals surface area (Å²) in [6, 6.07) is 9.98. The molecule has 0 unspecified atom stereocenters. The number of aryl methyl sites for hydroxylation is 1. The molecule has 0 bridgehead atoms. The molecule has 0 radical (unpaired) electrons. The van der Waals surface area contributed by atoms with Gasteiger partial charge in [-0.15, -0.1) is 0 Å². The molecule has 1 aromatic carbocycles. The molecule has 19 heavy (non-hydrogen) atoms. The van der Waals surface area contributed by atoms with E-state index in [1.807, 2.05) is 37.4 Å². The molecule has 3 rings (SSSR count). The maximum atomic E-state index is 6.04. The molecule has 0 amide bonds. The van der Waals surface area contributed by atoms with E-state index in [2.05, 4.69) is 21.5 Å². The standard InChI is InChI=1S/C15H16ClN3/c1-11-15(18-19-6-3-7-19)9-13(10-17-11)12-4-2-5-14(16)8-12/h2,4-5,8-10,18H,3,6-7H2,1H3. The van der Waals surface area contributed by atoms with Crippen molar-refractivity contribution in [1.29, 1.82) is 0 Å². The van der Waals surface area contributed by atoms with E-state index in [0.29, 0.717) is 0 Å². The average Bonchev–Trinajstić information content (AvgIpc) is 2.35. The van der Waals surface area contributed by atoms with E-state index in [-0.39, 0.29) is 0 Å². The number of hydrogen-bond donors (Lipinski definition) is 1. The summed E-state index contributed by atoms with van der Waals surface area (Å²) >= 11 is 6.04. The minimum Gasteiger partial charge on any atom is -0.317 e. The smallest absolute Gasteiger partial charge is 0.0709 e. The van der Waals surface area contributed by atoms with Crippen LogP contribution in [0.5, 0.6) is 0 Å². The van der Waals surface area contributed by atoms with Crippen LogP contribution in [0.1, 0.15) is 12.1 Å². The van der Waals surface area contributed by atoms with Gasteiger partial charge in [-0.2, -0.15) is 0 Å². The van der Waals surface area contributed by atoms with Crippen molar-refractivity contribution in [3.8, 4) is 11.1 Å². The number of pyridine rings is 1. The summed E-state index contributed by atoms with van der Waals surface area (Å²) in [5, 5.41) is 2.95. The van der Waals surface area contributed by atoms with Crippen LogP contribution in [-0.4, -0.2) is 23.1 Å². The average molecular weight is 274 g/mol. The lowest BCUT2D eigenvalue weighted by molar-refractivity contribution is 0.225. The molecular weight excluding hydrogens is 258 g/mol. The fraction of sp³-hybridized carbons (Fsp3) is 0.267. The lowest BCUT2D eigenvalue weighted by atomic mass is 10.1. The number of hydrazine groups is 1. The molecule has 1 N–H and O–H groups in total.